The fourth-order valence-corrected chi connectivity index (χ4v) is 7.00. The van der Waals surface area contributed by atoms with Crippen LogP contribution in [-0.2, 0) is 14.1 Å². The van der Waals surface area contributed by atoms with Gasteiger partial charge in [-0.1, -0.05) is 60.7 Å². The Labute approximate surface area is 242 Å². The van der Waals surface area contributed by atoms with Crippen molar-refractivity contribution < 1.29 is 0 Å². The van der Waals surface area contributed by atoms with Gasteiger partial charge in [0.2, 0.25) is 0 Å². The van der Waals surface area contributed by atoms with Gasteiger partial charge in [0.25, 0.3) is 0 Å². The van der Waals surface area contributed by atoms with Crippen LogP contribution in [-0.4, -0.2) is 19.1 Å². The Morgan fingerprint density at radius 3 is 1.31 bits per heavy atom. The summed E-state index contributed by atoms with van der Waals surface area (Å²) in [6.07, 6.45) is 3.84. The zero-order valence-electron chi connectivity index (χ0n) is 23.3. The van der Waals surface area contributed by atoms with Gasteiger partial charge in [-0.25, -0.2) is 0 Å². The van der Waals surface area contributed by atoms with E-state index in [0.29, 0.717) is 0 Å². The first-order chi connectivity index (χ1) is 20.7. The molecule has 0 saturated heterocycles. The maximum atomic E-state index is 4.87. The molecule has 0 aliphatic heterocycles. The molecule has 9 rings (SSSR count). The first kappa shape index (κ1) is 23.2. The lowest BCUT2D eigenvalue weighted by Crippen LogP contribution is -1.91. The van der Waals surface area contributed by atoms with Crippen LogP contribution in [0.3, 0.4) is 0 Å². The van der Waals surface area contributed by atoms with Crippen molar-refractivity contribution in [2.75, 3.05) is 0 Å². The third-order valence-electron chi connectivity index (χ3n) is 9.07. The molecule has 0 aliphatic rings. The molecule has 0 bridgehead atoms. The summed E-state index contributed by atoms with van der Waals surface area (Å²) < 4.78 is 4.54. The fraction of sp³-hybridized carbons (Fsp3) is 0.0526. The first-order valence-electron chi connectivity index (χ1n) is 14.3. The Hall–Kier alpha value is -5.48. The molecule has 4 heteroatoms. The molecule has 0 fully saturated rings. The van der Waals surface area contributed by atoms with Gasteiger partial charge in [-0.05, 0) is 70.8 Å². The lowest BCUT2D eigenvalue weighted by molar-refractivity contribution is 1.01. The highest BCUT2D eigenvalue weighted by molar-refractivity contribution is 6.15. The number of benzene rings is 5. The van der Waals surface area contributed by atoms with Crippen LogP contribution in [0.2, 0.25) is 0 Å². The second-order valence-corrected chi connectivity index (χ2v) is 11.2. The lowest BCUT2D eigenvalue weighted by Gasteiger charge is -2.12. The summed E-state index contributed by atoms with van der Waals surface area (Å²) in [5.41, 5.74) is 11.5. The summed E-state index contributed by atoms with van der Waals surface area (Å²) in [5, 5.41) is 7.30. The minimum atomic E-state index is 0.927. The van der Waals surface area contributed by atoms with E-state index in [4.69, 9.17) is 9.97 Å². The number of hydrogen-bond donors (Lipinski definition) is 0. The van der Waals surface area contributed by atoms with Gasteiger partial charge >= 0.3 is 0 Å². The van der Waals surface area contributed by atoms with Crippen LogP contribution in [0.15, 0.2) is 122 Å². The minimum Gasteiger partial charge on any atom is -0.344 e. The largest absolute Gasteiger partial charge is 0.344 e. The molecule has 4 heterocycles. The average molecular weight is 539 g/mol. The van der Waals surface area contributed by atoms with Crippen LogP contribution in [0, 0.1) is 0 Å². The molecule has 5 aromatic carbocycles. The Balaban J connectivity index is 1.25. The highest BCUT2D eigenvalue weighted by Gasteiger charge is 2.15. The van der Waals surface area contributed by atoms with Crippen molar-refractivity contribution in [1.82, 2.24) is 19.1 Å². The molecule has 42 heavy (non-hydrogen) atoms. The van der Waals surface area contributed by atoms with E-state index in [1.54, 1.807) is 0 Å². The van der Waals surface area contributed by atoms with Gasteiger partial charge in [0.15, 0.2) is 0 Å². The molecule has 198 valence electrons. The van der Waals surface area contributed by atoms with Gasteiger partial charge in [-0.15, -0.1) is 0 Å². The van der Waals surface area contributed by atoms with E-state index in [9.17, 15) is 0 Å². The van der Waals surface area contributed by atoms with E-state index >= 15 is 0 Å². The molecule has 0 radical (unpaired) electrons. The number of para-hydroxylation sites is 2. The standard InChI is InChI=1S/C38H26N4/c1-41-33-9-5-3-7-27(33)31-21-23(11-15-35(31)41)25-17-19-39-37-29(25)13-14-30-26(18-20-40-38(30)37)24-12-16-36-32(22-24)28-8-4-6-10-34(28)42(36)2/h3-22H,1-2H3. The quantitative estimate of drug-likeness (QED) is 0.206. The summed E-state index contributed by atoms with van der Waals surface area (Å²) in [6, 6.07) is 39.5. The predicted octanol–water partition coefficient (Wildman–Crippen LogP) is 9.41. The zero-order chi connectivity index (χ0) is 27.9. The van der Waals surface area contributed by atoms with Crippen LogP contribution in [0.5, 0.6) is 0 Å². The molecule has 0 saturated carbocycles. The summed E-state index contributed by atoms with van der Waals surface area (Å²) in [6.45, 7) is 0. The molecule has 0 atom stereocenters. The van der Waals surface area contributed by atoms with Crippen molar-refractivity contribution in [2.24, 2.45) is 14.1 Å². The molecule has 0 spiro atoms. The Morgan fingerprint density at radius 1 is 0.405 bits per heavy atom. The molecule has 0 aliphatic carbocycles. The third kappa shape index (κ3) is 3.12. The highest BCUT2D eigenvalue weighted by atomic mass is 14.9. The maximum absolute atomic E-state index is 4.87. The van der Waals surface area contributed by atoms with Crippen LogP contribution >= 0.6 is 0 Å². The van der Waals surface area contributed by atoms with Crippen molar-refractivity contribution in [1.29, 1.82) is 0 Å². The van der Waals surface area contributed by atoms with Crippen molar-refractivity contribution in [3.63, 3.8) is 0 Å². The van der Waals surface area contributed by atoms with Gasteiger partial charge < -0.3 is 9.13 Å². The second kappa shape index (κ2) is 8.51. The number of hydrogen-bond acceptors (Lipinski definition) is 2. The number of nitrogens with zero attached hydrogens (tertiary/aromatic N) is 4. The molecule has 9 aromatic rings. The maximum Gasteiger partial charge on any atom is 0.0970 e. The fourth-order valence-electron chi connectivity index (χ4n) is 7.00. The smallest absolute Gasteiger partial charge is 0.0970 e. The van der Waals surface area contributed by atoms with Gasteiger partial charge in [0.05, 0.1) is 11.0 Å². The molecular weight excluding hydrogens is 512 g/mol. The summed E-state index contributed by atoms with van der Waals surface area (Å²) in [4.78, 5) is 9.74. The lowest BCUT2D eigenvalue weighted by atomic mass is 9.95. The Morgan fingerprint density at radius 2 is 0.833 bits per heavy atom. The van der Waals surface area contributed by atoms with Crippen molar-refractivity contribution in [3.05, 3.63) is 122 Å². The van der Waals surface area contributed by atoms with Gasteiger partial charge in [-0.2, -0.15) is 0 Å². The van der Waals surface area contributed by atoms with E-state index < -0.39 is 0 Å². The highest BCUT2D eigenvalue weighted by Crippen LogP contribution is 2.39. The van der Waals surface area contributed by atoms with E-state index in [1.165, 1.54) is 65.9 Å². The average Bonchev–Trinajstić information content (AvgIpc) is 3.50. The Bertz CT molecular complexity index is 2370. The number of aryl methyl sites for hydroxylation is 2. The van der Waals surface area contributed by atoms with Gasteiger partial charge in [0, 0.05) is 80.9 Å². The SMILES string of the molecule is Cn1c2ccccc2c2cc(-c3ccnc4c3ccc3c(-c5ccc6c(c5)c5ccccc5n6C)ccnc34)ccc21. The molecule has 4 nitrogen and oxygen atoms in total. The number of aromatic nitrogens is 4. The summed E-state index contributed by atoms with van der Waals surface area (Å²) in [7, 11) is 4.28. The molecule has 0 amide bonds. The van der Waals surface area contributed by atoms with E-state index in [0.717, 1.165) is 21.8 Å². The first-order valence-corrected chi connectivity index (χ1v) is 14.3. The normalized spacial score (nSPS) is 12.0. The number of rotatable bonds is 2. The van der Waals surface area contributed by atoms with Gasteiger partial charge in [0.1, 0.15) is 0 Å². The van der Waals surface area contributed by atoms with Crippen molar-refractivity contribution >= 4 is 65.4 Å². The van der Waals surface area contributed by atoms with E-state index in [2.05, 4.69) is 132 Å². The second-order valence-electron chi connectivity index (χ2n) is 11.2. The number of fused-ring (bicyclic) bond motifs is 9. The molecule has 4 aromatic heterocycles. The van der Waals surface area contributed by atoms with E-state index in [1.807, 2.05) is 12.4 Å². The van der Waals surface area contributed by atoms with Crippen molar-refractivity contribution in [2.45, 2.75) is 0 Å². The number of pyridine rings is 2. The summed E-state index contributed by atoms with van der Waals surface area (Å²) >= 11 is 0. The topological polar surface area (TPSA) is 35.6 Å². The van der Waals surface area contributed by atoms with Gasteiger partial charge in [-0.3, -0.25) is 9.97 Å². The summed E-state index contributed by atoms with van der Waals surface area (Å²) in [5.74, 6) is 0. The van der Waals surface area contributed by atoms with Crippen LogP contribution in [0.1, 0.15) is 0 Å². The van der Waals surface area contributed by atoms with E-state index in [-0.39, 0.29) is 0 Å². The minimum absolute atomic E-state index is 0.927. The molecule has 0 unspecified atom stereocenters. The zero-order valence-corrected chi connectivity index (χ0v) is 23.3. The van der Waals surface area contributed by atoms with Crippen LogP contribution in [0.4, 0.5) is 0 Å². The Kier molecular flexibility index (Phi) is 4.71. The molecule has 0 N–H and O–H groups in total. The van der Waals surface area contributed by atoms with Crippen LogP contribution in [0.25, 0.3) is 87.7 Å². The predicted molar refractivity (Wildman–Crippen MR) is 176 cm³/mol. The van der Waals surface area contributed by atoms with Crippen molar-refractivity contribution in [3.8, 4) is 22.3 Å². The monoisotopic (exact) mass is 538 g/mol. The third-order valence-corrected chi connectivity index (χ3v) is 9.07. The van der Waals surface area contributed by atoms with Crippen LogP contribution < -0.4 is 0 Å². The molecular formula is C38H26N4.